The molecule has 5 heteroatoms. The lowest BCUT2D eigenvalue weighted by atomic mass is 10.2. The summed E-state index contributed by atoms with van der Waals surface area (Å²) in [5.74, 6) is -0.495. The zero-order valence-electron chi connectivity index (χ0n) is 10.7. The van der Waals surface area contributed by atoms with Crippen molar-refractivity contribution in [1.29, 1.82) is 0 Å². The lowest BCUT2D eigenvalue weighted by Gasteiger charge is -2.09. The minimum absolute atomic E-state index is 0.0921. The molecule has 0 saturated carbocycles. The summed E-state index contributed by atoms with van der Waals surface area (Å²) in [5, 5.41) is 5.68. The van der Waals surface area contributed by atoms with Gasteiger partial charge in [0.05, 0.1) is 12.2 Å². The molecule has 2 aromatic rings. The molecule has 1 amide bonds. The Hall–Kier alpha value is -1.88. The Labute approximate surface area is 125 Å². The fraction of sp³-hybridized carbons (Fsp3) is 0.133. The average molecular weight is 337 g/mol. The quantitative estimate of drug-likeness (QED) is 0.879. The van der Waals surface area contributed by atoms with Crippen molar-refractivity contribution in [3.8, 4) is 0 Å². The SMILES string of the molecule is O=C(CNc1cc(F)ccc1Br)NCc1ccccc1. The van der Waals surface area contributed by atoms with Crippen molar-refractivity contribution in [1.82, 2.24) is 5.32 Å². The molecule has 0 aliphatic carbocycles. The first-order valence-electron chi connectivity index (χ1n) is 6.15. The van der Waals surface area contributed by atoms with Crippen LogP contribution in [0.25, 0.3) is 0 Å². The van der Waals surface area contributed by atoms with E-state index in [2.05, 4.69) is 26.6 Å². The third kappa shape index (κ3) is 4.35. The average Bonchev–Trinajstić information content (AvgIpc) is 2.47. The number of anilines is 1. The third-order valence-electron chi connectivity index (χ3n) is 2.70. The van der Waals surface area contributed by atoms with Crippen LogP contribution in [-0.4, -0.2) is 12.5 Å². The number of carbonyl (C=O) groups excluding carboxylic acids is 1. The highest BCUT2D eigenvalue weighted by Crippen LogP contribution is 2.22. The molecule has 0 aliphatic rings. The second kappa shape index (κ2) is 7.05. The van der Waals surface area contributed by atoms with E-state index in [1.54, 1.807) is 6.07 Å². The van der Waals surface area contributed by atoms with E-state index in [9.17, 15) is 9.18 Å². The van der Waals surface area contributed by atoms with Crippen LogP contribution in [0.15, 0.2) is 53.0 Å². The van der Waals surface area contributed by atoms with Gasteiger partial charge in [0, 0.05) is 11.0 Å². The normalized spacial score (nSPS) is 10.1. The van der Waals surface area contributed by atoms with Crippen molar-refractivity contribution in [2.24, 2.45) is 0 Å². The summed E-state index contributed by atoms with van der Waals surface area (Å²) in [6.07, 6.45) is 0. The highest BCUT2D eigenvalue weighted by molar-refractivity contribution is 9.10. The number of hydrogen-bond acceptors (Lipinski definition) is 2. The van der Waals surface area contributed by atoms with Crippen LogP contribution >= 0.6 is 15.9 Å². The maximum absolute atomic E-state index is 13.1. The van der Waals surface area contributed by atoms with Crippen molar-refractivity contribution < 1.29 is 9.18 Å². The van der Waals surface area contributed by atoms with Gasteiger partial charge in [-0.1, -0.05) is 30.3 Å². The van der Waals surface area contributed by atoms with Gasteiger partial charge in [0.2, 0.25) is 5.91 Å². The standard InChI is InChI=1S/C15H14BrFN2O/c16-13-7-6-12(17)8-14(13)18-10-15(20)19-9-11-4-2-1-3-5-11/h1-8,18H,9-10H2,(H,19,20). The highest BCUT2D eigenvalue weighted by atomic mass is 79.9. The van der Waals surface area contributed by atoms with E-state index in [0.717, 1.165) is 10.0 Å². The van der Waals surface area contributed by atoms with Crippen LogP contribution < -0.4 is 10.6 Å². The fourth-order valence-corrected chi connectivity index (χ4v) is 2.05. The fourth-order valence-electron chi connectivity index (χ4n) is 1.67. The molecule has 2 aromatic carbocycles. The Morgan fingerprint density at radius 3 is 2.65 bits per heavy atom. The number of amides is 1. The van der Waals surface area contributed by atoms with E-state index in [1.165, 1.54) is 12.1 Å². The number of nitrogens with one attached hydrogen (secondary N) is 2. The van der Waals surface area contributed by atoms with Crippen molar-refractivity contribution in [2.45, 2.75) is 6.54 Å². The second-order valence-corrected chi connectivity index (χ2v) is 5.09. The molecule has 0 fully saturated rings. The van der Waals surface area contributed by atoms with Crippen molar-refractivity contribution in [3.63, 3.8) is 0 Å². The molecule has 0 heterocycles. The summed E-state index contributed by atoms with van der Waals surface area (Å²) in [6, 6.07) is 13.9. The van der Waals surface area contributed by atoms with Crippen LogP contribution in [0, 0.1) is 5.82 Å². The van der Waals surface area contributed by atoms with E-state index in [-0.39, 0.29) is 18.3 Å². The van der Waals surface area contributed by atoms with Gasteiger partial charge >= 0.3 is 0 Å². The van der Waals surface area contributed by atoms with Gasteiger partial charge in [0.1, 0.15) is 5.82 Å². The van der Waals surface area contributed by atoms with E-state index in [0.29, 0.717) is 12.2 Å². The zero-order chi connectivity index (χ0) is 14.4. The third-order valence-corrected chi connectivity index (χ3v) is 3.39. The number of benzene rings is 2. The molecular formula is C15H14BrFN2O. The van der Waals surface area contributed by atoms with Crippen LogP contribution in [0.4, 0.5) is 10.1 Å². The molecule has 20 heavy (non-hydrogen) atoms. The molecule has 0 saturated heterocycles. The number of carbonyl (C=O) groups is 1. The van der Waals surface area contributed by atoms with Gasteiger partial charge in [-0.3, -0.25) is 4.79 Å². The Morgan fingerprint density at radius 1 is 1.15 bits per heavy atom. The van der Waals surface area contributed by atoms with E-state index >= 15 is 0 Å². The molecule has 0 aliphatic heterocycles. The zero-order valence-corrected chi connectivity index (χ0v) is 12.3. The van der Waals surface area contributed by atoms with Crippen LogP contribution in [-0.2, 0) is 11.3 Å². The Morgan fingerprint density at radius 2 is 1.90 bits per heavy atom. The molecule has 3 nitrogen and oxygen atoms in total. The topological polar surface area (TPSA) is 41.1 Å². The van der Waals surface area contributed by atoms with Gasteiger partial charge in [-0.25, -0.2) is 4.39 Å². The molecule has 2 rings (SSSR count). The number of hydrogen-bond donors (Lipinski definition) is 2. The molecule has 0 bridgehead atoms. The number of halogens is 2. The highest BCUT2D eigenvalue weighted by Gasteiger charge is 2.04. The van der Waals surface area contributed by atoms with Crippen LogP contribution in [0.3, 0.4) is 0 Å². The molecule has 0 unspecified atom stereocenters. The summed E-state index contributed by atoms with van der Waals surface area (Å²) >= 11 is 3.30. The van der Waals surface area contributed by atoms with Crippen LogP contribution in [0.5, 0.6) is 0 Å². The van der Waals surface area contributed by atoms with Crippen molar-refractivity contribution in [3.05, 3.63) is 64.4 Å². The largest absolute Gasteiger partial charge is 0.375 e. The Kier molecular flexibility index (Phi) is 5.12. The molecular weight excluding hydrogens is 323 g/mol. The van der Waals surface area contributed by atoms with Gasteiger partial charge in [0.15, 0.2) is 0 Å². The van der Waals surface area contributed by atoms with E-state index in [1.807, 2.05) is 30.3 Å². The van der Waals surface area contributed by atoms with Gasteiger partial charge < -0.3 is 10.6 Å². The van der Waals surface area contributed by atoms with Crippen LogP contribution in [0.2, 0.25) is 0 Å². The monoisotopic (exact) mass is 336 g/mol. The summed E-state index contributed by atoms with van der Waals surface area (Å²) in [6.45, 7) is 0.570. The Bertz CT molecular complexity index is 590. The van der Waals surface area contributed by atoms with Gasteiger partial charge in [0.25, 0.3) is 0 Å². The smallest absolute Gasteiger partial charge is 0.239 e. The summed E-state index contributed by atoms with van der Waals surface area (Å²) in [7, 11) is 0. The van der Waals surface area contributed by atoms with Crippen molar-refractivity contribution in [2.75, 3.05) is 11.9 Å². The molecule has 0 atom stereocenters. The first-order valence-corrected chi connectivity index (χ1v) is 6.94. The lowest BCUT2D eigenvalue weighted by molar-refractivity contribution is -0.119. The second-order valence-electron chi connectivity index (χ2n) is 4.24. The molecule has 2 N–H and O–H groups in total. The van der Waals surface area contributed by atoms with E-state index in [4.69, 9.17) is 0 Å². The maximum Gasteiger partial charge on any atom is 0.239 e. The first kappa shape index (κ1) is 14.5. The van der Waals surface area contributed by atoms with Crippen LogP contribution in [0.1, 0.15) is 5.56 Å². The molecule has 104 valence electrons. The summed E-state index contributed by atoms with van der Waals surface area (Å²) in [4.78, 5) is 11.7. The van der Waals surface area contributed by atoms with E-state index < -0.39 is 0 Å². The Balaban J connectivity index is 1.82. The summed E-state index contributed by atoms with van der Waals surface area (Å²) in [5.41, 5.74) is 1.59. The lowest BCUT2D eigenvalue weighted by Crippen LogP contribution is -2.29. The molecule has 0 aromatic heterocycles. The predicted molar refractivity (Wildman–Crippen MR) is 80.9 cm³/mol. The maximum atomic E-state index is 13.1. The van der Waals surface area contributed by atoms with Gasteiger partial charge in [-0.05, 0) is 39.7 Å². The first-order chi connectivity index (χ1) is 9.65. The predicted octanol–water partition coefficient (Wildman–Crippen LogP) is 3.32. The minimum atomic E-state index is -0.347. The molecule has 0 spiro atoms. The van der Waals surface area contributed by atoms with Gasteiger partial charge in [-0.15, -0.1) is 0 Å². The summed E-state index contributed by atoms with van der Waals surface area (Å²) < 4.78 is 13.8. The van der Waals surface area contributed by atoms with Crippen molar-refractivity contribution >= 4 is 27.5 Å². The number of rotatable bonds is 5. The van der Waals surface area contributed by atoms with Gasteiger partial charge in [-0.2, -0.15) is 0 Å². The minimum Gasteiger partial charge on any atom is -0.375 e. The molecule has 0 radical (unpaired) electrons.